The molecule has 92 valence electrons. The van der Waals surface area contributed by atoms with Gasteiger partial charge in [-0.1, -0.05) is 11.6 Å². The summed E-state index contributed by atoms with van der Waals surface area (Å²) >= 11 is 0. The third kappa shape index (κ3) is 3.26. The van der Waals surface area contributed by atoms with E-state index < -0.39 is 5.60 Å². The number of hydrogen-bond acceptors (Lipinski definition) is 2. The Morgan fingerprint density at radius 1 is 1.44 bits per heavy atom. The van der Waals surface area contributed by atoms with Crippen molar-refractivity contribution >= 4 is 6.09 Å². The number of nitrogens with zero attached hydrogens (tertiary/aromatic N) is 1. The second kappa shape index (κ2) is 4.89. The molecule has 0 aromatic rings. The average molecular weight is 225 g/mol. The van der Waals surface area contributed by atoms with Crippen LogP contribution in [0.1, 0.15) is 47.5 Å². The summed E-state index contributed by atoms with van der Waals surface area (Å²) in [6.45, 7) is 10.6. The molecule has 3 heteroatoms. The monoisotopic (exact) mass is 225 g/mol. The summed E-state index contributed by atoms with van der Waals surface area (Å²) in [6, 6.07) is 0.236. The van der Waals surface area contributed by atoms with Crippen molar-refractivity contribution in [2.24, 2.45) is 0 Å². The first-order valence-electron chi connectivity index (χ1n) is 5.97. The number of amides is 1. The Morgan fingerprint density at radius 3 is 2.56 bits per heavy atom. The predicted octanol–water partition coefficient (Wildman–Crippen LogP) is 3.35. The first-order valence-corrected chi connectivity index (χ1v) is 5.97. The van der Waals surface area contributed by atoms with Gasteiger partial charge in [-0.2, -0.15) is 0 Å². The Balaban J connectivity index is 2.69. The molecule has 1 amide bonds. The van der Waals surface area contributed by atoms with Crippen molar-refractivity contribution in [2.45, 2.75) is 59.1 Å². The van der Waals surface area contributed by atoms with Crippen molar-refractivity contribution in [2.75, 3.05) is 6.54 Å². The highest BCUT2D eigenvalue weighted by Gasteiger charge is 2.32. The van der Waals surface area contributed by atoms with E-state index in [0.29, 0.717) is 0 Å². The van der Waals surface area contributed by atoms with Crippen molar-refractivity contribution in [1.82, 2.24) is 4.90 Å². The number of carbonyl (C=O) groups is 1. The molecule has 0 N–H and O–H groups in total. The molecule has 1 aliphatic rings. The van der Waals surface area contributed by atoms with Gasteiger partial charge in [-0.05, 0) is 47.5 Å². The van der Waals surface area contributed by atoms with Gasteiger partial charge in [0.15, 0.2) is 0 Å². The van der Waals surface area contributed by atoms with Crippen LogP contribution in [0.2, 0.25) is 0 Å². The van der Waals surface area contributed by atoms with Crippen molar-refractivity contribution < 1.29 is 9.53 Å². The molecule has 1 atom stereocenters. The van der Waals surface area contributed by atoms with E-state index in [0.717, 1.165) is 19.4 Å². The molecular weight excluding hydrogens is 202 g/mol. The third-order valence-electron chi connectivity index (χ3n) is 2.86. The van der Waals surface area contributed by atoms with Crippen LogP contribution in [0.5, 0.6) is 0 Å². The van der Waals surface area contributed by atoms with Crippen LogP contribution in [0.25, 0.3) is 0 Å². The fourth-order valence-electron chi connectivity index (χ4n) is 1.97. The Kier molecular flexibility index (Phi) is 4.00. The Bertz CT molecular complexity index is 289. The molecule has 0 aromatic heterocycles. The van der Waals surface area contributed by atoms with Crippen LogP contribution >= 0.6 is 0 Å². The molecule has 0 aromatic carbocycles. The molecule has 0 spiro atoms. The molecule has 16 heavy (non-hydrogen) atoms. The van der Waals surface area contributed by atoms with Gasteiger partial charge in [-0.3, -0.25) is 0 Å². The topological polar surface area (TPSA) is 29.5 Å². The minimum atomic E-state index is -0.409. The summed E-state index contributed by atoms with van der Waals surface area (Å²) in [6.07, 6.45) is 4.01. The van der Waals surface area contributed by atoms with E-state index in [4.69, 9.17) is 4.74 Å². The van der Waals surface area contributed by atoms with Gasteiger partial charge in [0.25, 0.3) is 0 Å². The minimum Gasteiger partial charge on any atom is -0.444 e. The maximum Gasteiger partial charge on any atom is 0.410 e. The van der Waals surface area contributed by atoms with Gasteiger partial charge in [-0.25, -0.2) is 4.79 Å². The quantitative estimate of drug-likeness (QED) is 0.640. The summed E-state index contributed by atoms with van der Waals surface area (Å²) in [5, 5.41) is 0. The molecule has 0 aliphatic carbocycles. The summed E-state index contributed by atoms with van der Waals surface area (Å²) in [4.78, 5) is 13.8. The van der Waals surface area contributed by atoms with Crippen molar-refractivity contribution in [3.05, 3.63) is 11.6 Å². The van der Waals surface area contributed by atoms with E-state index in [1.807, 2.05) is 32.6 Å². The molecule has 1 rings (SSSR count). The lowest BCUT2D eigenvalue weighted by molar-refractivity contribution is 0.0249. The fraction of sp³-hybridized carbons (Fsp3) is 0.769. The van der Waals surface area contributed by atoms with Crippen LogP contribution in [0.15, 0.2) is 11.6 Å². The van der Waals surface area contributed by atoms with E-state index in [2.05, 4.69) is 13.0 Å². The Morgan fingerprint density at radius 2 is 2.06 bits per heavy atom. The number of likely N-dealkylation sites (tertiary alicyclic amines) is 1. The zero-order chi connectivity index (χ0) is 12.3. The molecule has 3 nitrogen and oxygen atoms in total. The Hall–Kier alpha value is -0.990. The molecular formula is C13H23NO2. The number of ether oxygens (including phenoxy) is 1. The number of hydrogen-bond donors (Lipinski definition) is 0. The van der Waals surface area contributed by atoms with Crippen LogP contribution < -0.4 is 0 Å². The minimum absolute atomic E-state index is 0.184. The maximum absolute atomic E-state index is 12.0. The van der Waals surface area contributed by atoms with Crippen LogP contribution in [0, 0.1) is 0 Å². The molecule has 0 saturated carbocycles. The van der Waals surface area contributed by atoms with Gasteiger partial charge >= 0.3 is 6.09 Å². The summed E-state index contributed by atoms with van der Waals surface area (Å²) in [5.74, 6) is 0. The van der Waals surface area contributed by atoms with Crippen LogP contribution in [-0.2, 0) is 4.74 Å². The highest BCUT2D eigenvalue weighted by molar-refractivity contribution is 5.69. The average Bonchev–Trinajstić information content (AvgIpc) is 2.62. The molecule has 1 unspecified atom stereocenters. The fourth-order valence-corrected chi connectivity index (χ4v) is 1.97. The summed E-state index contributed by atoms with van der Waals surface area (Å²) in [7, 11) is 0. The predicted molar refractivity (Wildman–Crippen MR) is 65.4 cm³/mol. The number of allylic oxidation sites excluding steroid dienone is 1. The normalized spacial score (nSPS) is 22.4. The largest absolute Gasteiger partial charge is 0.444 e. The van der Waals surface area contributed by atoms with E-state index in [9.17, 15) is 4.79 Å². The SMILES string of the molecule is CC=C(C)C1CCCN1C(=O)OC(C)(C)C. The first kappa shape index (κ1) is 13.1. The Labute approximate surface area is 98.5 Å². The van der Waals surface area contributed by atoms with Crippen molar-refractivity contribution in [3.8, 4) is 0 Å². The zero-order valence-electron chi connectivity index (χ0n) is 11.0. The smallest absolute Gasteiger partial charge is 0.410 e. The standard InChI is InChI=1S/C13H23NO2/c1-6-10(2)11-8-7-9-14(11)12(15)16-13(3,4)5/h6,11H,7-9H2,1-5H3. The lowest BCUT2D eigenvalue weighted by atomic mass is 10.1. The number of carbonyl (C=O) groups excluding carboxylic acids is 1. The maximum atomic E-state index is 12.0. The summed E-state index contributed by atoms with van der Waals surface area (Å²) in [5.41, 5.74) is 0.844. The van der Waals surface area contributed by atoms with Gasteiger partial charge in [0.05, 0.1) is 6.04 Å². The van der Waals surface area contributed by atoms with Crippen LogP contribution in [-0.4, -0.2) is 29.2 Å². The highest BCUT2D eigenvalue weighted by atomic mass is 16.6. The molecule has 1 aliphatic heterocycles. The molecule has 1 fully saturated rings. The van der Waals surface area contributed by atoms with E-state index in [1.165, 1.54) is 5.57 Å². The second-order valence-corrected chi connectivity index (χ2v) is 5.36. The van der Waals surface area contributed by atoms with E-state index in [-0.39, 0.29) is 12.1 Å². The molecule has 0 radical (unpaired) electrons. The van der Waals surface area contributed by atoms with Crippen LogP contribution in [0.4, 0.5) is 4.79 Å². The van der Waals surface area contributed by atoms with E-state index in [1.54, 1.807) is 0 Å². The van der Waals surface area contributed by atoms with Gasteiger partial charge in [0.1, 0.15) is 5.60 Å². The zero-order valence-corrected chi connectivity index (χ0v) is 11.0. The first-order chi connectivity index (χ1) is 7.35. The molecule has 0 bridgehead atoms. The lowest BCUT2D eigenvalue weighted by Crippen LogP contribution is -2.40. The van der Waals surface area contributed by atoms with Gasteiger partial charge in [0, 0.05) is 6.54 Å². The van der Waals surface area contributed by atoms with E-state index >= 15 is 0 Å². The van der Waals surface area contributed by atoms with Crippen molar-refractivity contribution in [3.63, 3.8) is 0 Å². The summed E-state index contributed by atoms with van der Waals surface area (Å²) < 4.78 is 5.41. The highest BCUT2D eigenvalue weighted by Crippen LogP contribution is 2.25. The van der Waals surface area contributed by atoms with Gasteiger partial charge in [0.2, 0.25) is 0 Å². The molecule has 1 saturated heterocycles. The third-order valence-corrected chi connectivity index (χ3v) is 2.86. The second-order valence-electron chi connectivity index (χ2n) is 5.36. The van der Waals surface area contributed by atoms with Crippen LogP contribution in [0.3, 0.4) is 0 Å². The lowest BCUT2D eigenvalue weighted by Gasteiger charge is -2.29. The molecule has 1 heterocycles. The van der Waals surface area contributed by atoms with Gasteiger partial charge in [-0.15, -0.1) is 0 Å². The van der Waals surface area contributed by atoms with Gasteiger partial charge < -0.3 is 9.64 Å². The number of rotatable bonds is 1. The van der Waals surface area contributed by atoms with Crippen molar-refractivity contribution in [1.29, 1.82) is 0 Å².